The number of hydrazone groups is 1. The van der Waals surface area contributed by atoms with E-state index in [2.05, 4.69) is 5.10 Å². The molecule has 0 N–H and O–H groups in total. The van der Waals surface area contributed by atoms with Crippen molar-refractivity contribution in [1.82, 2.24) is 0 Å². The number of benzene rings is 3. The monoisotopic (exact) mass is 659 g/mol. The third-order valence-electron chi connectivity index (χ3n) is 5.53. The Labute approximate surface area is 230 Å². The van der Waals surface area contributed by atoms with Gasteiger partial charge >= 0.3 is 0 Å². The molecular weight excluding hydrogens is 644 g/mol. The first-order valence-electron chi connectivity index (χ1n) is 10.8. The van der Waals surface area contributed by atoms with Crippen LogP contribution in [0.4, 0.5) is 33.3 Å². The van der Waals surface area contributed by atoms with Gasteiger partial charge in [-0.1, -0.05) is 12.1 Å². The molecule has 1 aliphatic heterocycles. The molecule has 3 aromatic rings. The molecule has 0 aromatic heterocycles. The highest BCUT2D eigenvalue weighted by Gasteiger charge is 2.37. The van der Waals surface area contributed by atoms with Crippen LogP contribution in [0, 0.1) is 42.8 Å². The first-order valence-corrected chi connectivity index (χ1v) is 11.9. The third-order valence-corrected chi connectivity index (χ3v) is 6.33. The Morgan fingerprint density at radius 3 is 2.31 bits per heavy atom. The second-order valence-corrected chi connectivity index (χ2v) is 9.19. The number of halogens is 6. The zero-order chi connectivity index (χ0) is 28.6. The Kier molecular flexibility index (Phi) is 7.85. The number of nitrogens with zero attached hydrogens (tertiary/aromatic N) is 3. The van der Waals surface area contributed by atoms with E-state index in [-0.39, 0.29) is 34.3 Å². The third kappa shape index (κ3) is 5.28. The number of carbonyl (C=O) groups is 1. The molecule has 0 saturated heterocycles. The van der Waals surface area contributed by atoms with Crippen molar-refractivity contribution in [2.75, 3.05) is 12.1 Å². The molecule has 0 bridgehead atoms. The summed E-state index contributed by atoms with van der Waals surface area (Å²) < 4.78 is 81.1. The standard InChI is InChI=1S/C25H15F5IN3O5/c1-11-15(25(35)33(32-11)23-21(29)19(27)18(26)20(28)22(23)30)7-13-8-16(31)24(17(9-13)38-2)39-10-12-4-3-5-14(6-12)34(36)37/h3-9H,10H2,1-2H3/b15-7+. The SMILES string of the molecule is COc1cc(/C=C2/C(=O)N(c3c(F)c(F)c(F)c(F)c3F)N=C2C)cc(I)c1OCc1cccc([N+](=O)[O-])c1. The van der Waals surface area contributed by atoms with Crippen LogP contribution in [-0.4, -0.2) is 23.7 Å². The molecular formula is C25H15F5IN3O5. The van der Waals surface area contributed by atoms with Crippen LogP contribution in [0.25, 0.3) is 6.08 Å². The van der Waals surface area contributed by atoms with E-state index in [0.29, 0.717) is 20.4 Å². The normalized spacial score (nSPS) is 14.2. The molecule has 4 rings (SSSR count). The minimum absolute atomic E-state index is 0.0182. The molecule has 0 saturated carbocycles. The molecule has 0 unspecified atom stereocenters. The van der Waals surface area contributed by atoms with Crippen LogP contribution >= 0.6 is 22.6 Å². The predicted molar refractivity (Wildman–Crippen MR) is 138 cm³/mol. The molecule has 1 aliphatic rings. The highest BCUT2D eigenvalue weighted by Crippen LogP contribution is 2.37. The molecule has 1 heterocycles. The smallest absolute Gasteiger partial charge is 0.280 e. The molecule has 202 valence electrons. The molecule has 1 amide bonds. The van der Waals surface area contributed by atoms with Crippen molar-refractivity contribution in [3.63, 3.8) is 0 Å². The zero-order valence-corrected chi connectivity index (χ0v) is 22.1. The first-order chi connectivity index (χ1) is 18.4. The van der Waals surface area contributed by atoms with Gasteiger partial charge in [-0.15, -0.1) is 0 Å². The zero-order valence-electron chi connectivity index (χ0n) is 19.9. The number of hydrogen-bond donors (Lipinski definition) is 0. The maximum Gasteiger partial charge on any atom is 0.280 e. The number of amides is 1. The summed E-state index contributed by atoms with van der Waals surface area (Å²) in [6, 6.07) is 8.95. The number of nitro groups is 1. The van der Waals surface area contributed by atoms with Gasteiger partial charge in [0.1, 0.15) is 12.3 Å². The number of rotatable bonds is 7. The van der Waals surface area contributed by atoms with Gasteiger partial charge in [0.05, 0.1) is 26.9 Å². The van der Waals surface area contributed by atoms with Gasteiger partial charge in [0.2, 0.25) is 5.82 Å². The summed E-state index contributed by atoms with van der Waals surface area (Å²) in [7, 11) is 1.36. The molecule has 14 heteroatoms. The predicted octanol–water partition coefficient (Wildman–Crippen LogP) is 6.29. The van der Waals surface area contributed by atoms with Gasteiger partial charge in [-0.05, 0) is 58.9 Å². The van der Waals surface area contributed by atoms with Gasteiger partial charge in [0.15, 0.2) is 34.8 Å². The van der Waals surface area contributed by atoms with E-state index in [0.717, 1.165) is 0 Å². The van der Waals surface area contributed by atoms with Crippen molar-refractivity contribution in [3.8, 4) is 11.5 Å². The van der Waals surface area contributed by atoms with Gasteiger partial charge < -0.3 is 9.47 Å². The summed E-state index contributed by atoms with van der Waals surface area (Å²) in [5, 5.41) is 14.8. The Morgan fingerprint density at radius 1 is 1.05 bits per heavy atom. The Balaban J connectivity index is 1.64. The molecule has 0 spiro atoms. The fraction of sp³-hybridized carbons (Fsp3) is 0.120. The molecule has 3 aromatic carbocycles. The largest absolute Gasteiger partial charge is 0.493 e. The quantitative estimate of drug-likeness (QED) is 0.0566. The van der Waals surface area contributed by atoms with Crippen LogP contribution in [0.15, 0.2) is 47.1 Å². The fourth-order valence-corrected chi connectivity index (χ4v) is 4.44. The maximum atomic E-state index is 14.3. The van der Waals surface area contributed by atoms with E-state index in [1.807, 2.05) is 22.6 Å². The summed E-state index contributed by atoms with van der Waals surface area (Å²) in [6.45, 7) is 1.31. The molecule has 0 radical (unpaired) electrons. The lowest BCUT2D eigenvalue weighted by Gasteiger charge is -2.15. The first kappa shape index (κ1) is 27.9. The van der Waals surface area contributed by atoms with E-state index in [4.69, 9.17) is 9.47 Å². The lowest BCUT2D eigenvalue weighted by atomic mass is 10.1. The number of hydrogen-bond acceptors (Lipinski definition) is 6. The van der Waals surface area contributed by atoms with Crippen LogP contribution in [0.3, 0.4) is 0 Å². The summed E-state index contributed by atoms with van der Waals surface area (Å²) in [5.41, 5.74) is -0.888. The average Bonchev–Trinajstić information content (AvgIpc) is 3.18. The maximum absolute atomic E-state index is 14.3. The van der Waals surface area contributed by atoms with Gasteiger partial charge in [-0.3, -0.25) is 14.9 Å². The van der Waals surface area contributed by atoms with E-state index in [1.165, 1.54) is 44.4 Å². The molecule has 0 fully saturated rings. The minimum atomic E-state index is -2.36. The second kappa shape index (κ2) is 11.0. The number of anilines is 1. The van der Waals surface area contributed by atoms with Crippen LogP contribution in [0.1, 0.15) is 18.1 Å². The second-order valence-electron chi connectivity index (χ2n) is 8.03. The van der Waals surface area contributed by atoms with Crippen molar-refractivity contribution >= 4 is 51.7 Å². The van der Waals surface area contributed by atoms with Crippen LogP contribution in [0.5, 0.6) is 11.5 Å². The van der Waals surface area contributed by atoms with Crippen molar-refractivity contribution in [2.45, 2.75) is 13.5 Å². The number of ether oxygens (including phenoxy) is 2. The van der Waals surface area contributed by atoms with Crippen molar-refractivity contribution in [1.29, 1.82) is 0 Å². The topological polar surface area (TPSA) is 94.3 Å². The summed E-state index contributed by atoms with van der Waals surface area (Å²) in [5.74, 6) is -11.7. The van der Waals surface area contributed by atoms with E-state index in [1.54, 1.807) is 12.1 Å². The van der Waals surface area contributed by atoms with Crippen molar-refractivity contribution in [2.24, 2.45) is 5.10 Å². The van der Waals surface area contributed by atoms with Crippen LogP contribution in [0.2, 0.25) is 0 Å². The average molecular weight is 659 g/mol. The Bertz CT molecular complexity index is 1570. The van der Waals surface area contributed by atoms with Crippen molar-refractivity contribution < 1.29 is 41.1 Å². The minimum Gasteiger partial charge on any atom is -0.493 e. The fourth-order valence-electron chi connectivity index (χ4n) is 3.66. The highest BCUT2D eigenvalue weighted by molar-refractivity contribution is 14.1. The molecule has 39 heavy (non-hydrogen) atoms. The molecule has 0 atom stereocenters. The summed E-state index contributed by atoms with van der Waals surface area (Å²) >= 11 is 1.94. The molecule has 8 nitrogen and oxygen atoms in total. The Morgan fingerprint density at radius 2 is 1.69 bits per heavy atom. The van der Waals surface area contributed by atoms with Gasteiger partial charge in [-0.2, -0.15) is 10.1 Å². The summed E-state index contributed by atoms with van der Waals surface area (Å²) in [4.78, 5) is 23.4. The molecule has 0 aliphatic carbocycles. The number of nitro benzene ring substituents is 1. The number of methoxy groups -OCH3 is 1. The number of non-ortho nitro benzene ring substituents is 1. The summed E-state index contributed by atoms with van der Waals surface area (Å²) in [6.07, 6.45) is 1.31. The number of carbonyl (C=O) groups excluding carboxylic acids is 1. The van der Waals surface area contributed by atoms with Gasteiger partial charge in [-0.25, -0.2) is 22.0 Å². The van der Waals surface area contributed by atoms with Gasteiger partial charge in [0, 0.05) is 12.1 Å². The van der Waals surface area contributed by atoms with Crippen LogP contribution in [-0.2, 0) is 11.4 Å². The van der Waals surface area contributed by atoms with Gasteiger partial charge in [0.25, 0.3) is 11.6 Å². The highest BCUT2D eigenvalue weighted by atomic mass is 127. The van der Waals surface area contributed by atoms with Crippen LogP contribution < -0.4 is 14.5 Å². The van der Waals surface area contributed by atoms with Crippen molar-refractivity contribution in [3.05, 3.63) is 95.9 Å². The lowest BCUT2D eigenvalue weighted by Crippen LogP contribution is -2.25. The van der Waals surface area contributed by atoms with E-state index >= 15 is 0 Å². The Hall–Kier alpha value is -4.08. The van der Waals surface area contributed by atoms with E-state index in [9.17, 15) is 36.9 Å². The lowest BCUT2D eigenvalue weighted by molar-refractivity contribution is -0.384. The van der Waals surface area contributed by atoms with E-state index < -0.39 is 45.6 Å².